The molecule has 4 atom stereocenters. The Hall–Kier alpha value is -1.63. The zero-order valence-electron chi connectivity index (χ0n) is 14.1. The van der Waals surface area contributed by atoms with Crippen LogP contribution in [-0.4, -0.2) is 45.3 Å². The summed E-state index contributed by atoms with van der Waals surface area (Å²) in [6.45, 7) is 0.726. The number of hydrogen-bond acceptors (Lipinski definition) is 6. The predicted molar refractivity (Wildman–Crippen MR) is 85.5 cm³/mol. The minimum Gasteiger partial charge on any atom is -0.497 e. The highest BCUT2D eigenvalue weighted by atomic mass is 16.7. The quantitative estimate of drug-likeness (QED) is 0.562. The van der Waals surface area contributed by atoms with E-state index < -0.39 is 0 Å². The molecule has 1 aromatic carbocycles. The summed E-state index contributed by atoms with van der Waals surface area (Å²) in [6, 6.07) is 7.78. The standard InChI is InChI=1S/C18H24O6/c1-20-11-23-14-7-16(15-9-18(19)24-17(15)8-14)22-10-12-3-5-13(21-2)6-4-12/h3-6,14-17H,7-11H2,1-2H3/t14-,15-,16+,17+/m1/s1. The molecule has 1 saturated carbocycles. The van der Waals surface area contributed by atoms with Crippen molar-refractivity contribution in [3.8, 4) is 5.75 Å². The first kappa shape index (κ1) is 17.2. The highest BCUT2D eigenvalue weighted by Crippen LogP contribution is 2.38. The summed E-state index contributed by atoms with van der Waals surface area (Å²) >= 11 is 0. The molecule has 2 aliphatic rings. The molecule has 1 saturated heterocycles. The van der Waals surface area contributed by atoms with E-state index in [-0.39, 0.29) is 37.0 Å². The van der Waals surface area contributed by atoms with Gasteiger partial charge in [-0.2, -0.15) is 0 Å². The molecule has 0 spiro atoms. The second-order valence-corrected chi connectivity index (χ2v) is 6.26. The molecule has 0 aromatic heterocycles. The predicted octanol–water partition coefficient (Wildman–Crippen LogP) is 2.29. The van der Waals surface area contributed by atoms with Gasteiger partial charge in [-0.05, 0) is 17.7 Å². The Balaban J connectivity index is 1.61. The maximum absolute atomic E-state index is 11.7. The maximum Gasteiger partial charge on any atom is 0.306 e. The Morgan fingerprint density at radius 1 is 1.12 bits per heavy atom. The molecule has 132 valence electrons. The lowest BCUT2D eigenvalue weighted by molar-refractivity contribution is -0.153. The summed E-state index contributed by atoms with van der Waals surface area (Å²) in [7, 11) is 3.24. The molecule has 0 amide bonds. The number of benzene rings is 1. The molecule has 0 radical (unpaired) electrons. The van der Waals surface area contributed by atoms with Crippen molar-refractivity contribution in [3.05, 3.63) is 29.8 Å². The van der Waals surface area contributed by atoms with Gasteiger partial charge in [0.15, 0.2) is 0 Å². The molecular weight excluding hydrogens is 312 g/mol. The molecule has 1 aromatic rings. The van der Waals surface area contributed by atoms with Crippen LogP contribution in [0.15, 0.2) is 24.3 Å². The van der Waals surface area contributed by atoms with Gasteiger partial charge in [0.25, 0.3) is 0 Å². The second kappa shape index (κ2) is 7.96. The lowest BCUT2D eigenvalue weighted by Crippen LogP contribution is -2.42. The number of esters is 1. The van der Waals surface area contributed by atoms with E-state index >= 15 is 0 Å². The summed E-state index contributed by atoms with van der Waals surface area (Å²) in [5.41, 5.74) is 1.07. The van der Waals surface area contributed by atoms with Crippen molar-refractivity contribution in [3.63, 3.8) is 0 Å². The van der Waals surface area contributed by atoms with Gasteiger partial charge in [-0.1, -0.05) is 12.1 Å². The molecule has 3 rings (SSSR count). The van der Waals surface area contributed by atoms with E-state index in [4.69, 9.17) is 23.7 Å². The molecule has 0 N–H and O–H groups in total. The Kier molecular flexibility index (Phi) is 5.71. The lowest BCUT2D eigenvalue weighted by atomic mass is 9.82. The van der Waals surface area contributed by atoms with Gasteiger partial charge in [0.2, 0.25) is 0 Å². The lowest BCUT2D eigenvalue weighted by Gasteiger charge is -2.36. The minimum atomic E-state index is -0.143. The minimum absolute atomic E-state index is 0.0158. The van der Waals surface area contributed by atoms with E-state index in [1.807, 2.05) is 24.3 Å². The van der Waals surface area contributed by atoms with Gasteiger partial charge in [0.05, 0.1) is 32.3 Å². The largest absolute Gasteiger partial charge is 0.497 e. The van der Waals surface area contributed by atoms with E-state index in [2.05, 4.69) is 0 Å². The number of hydrogen-bond donors (Lipinski definition) is 0. The average Bonchev–Trinajstić information content (AvgIpc) is 2.98. The fraction of sp³-hybridized carbons (Fsp3) is 0.611. The van der Waals surface area contributed by atoms with Gasteiger partial charge in [-0.15, -0.1) is 0 Å². The van der Waals surface area contributed by atoms with Crippen molar-refractivity contribution < 1.29 is 28.5 Å². The van der Waals surface area contributed by atoms with E-state index in [1.165, 1.54) is 0 Å². The summed E-state index contributed by atoms with van der Waals surface area (Å²) in [6.07, 6.45) is 1.69. The monoisotopic (exact) mass is 336 g/mol. The summed E-state index contributed by atoms with van der Waals surface area (Å²) in [5, 5.41) is 0. The van der Waals surface area contributed by atoms with Crippen molar-refractivity contribution in [2.75, 3.05) is 21.0 Å². The molecule has 1 aliphatic carbocycles. The molecule has 6 heteroatoms. The normalized spacial score (nSPS) is 29.2. The van der Waals surface area contributed by atoms with Crippen LogP contribution in [-0.2, 0) is 30.3 Å². The molecule has 0 unspecified atom stereocenters. The smallest absolute Gasteiger partial charge is 0.306 e. The van der Waals surface area contributed by atoms with Crippen LogP contribution >= 0.6 is 0 Å². The van der Waals surface area contributed by atoms with E-state index in [9.17, 15) is 4.79 Å². The maximum atomic E-state index is 11.7. The van der Waals surface area contributed by atoms with Gasteiger partial charge in [-0.3, -0.25) is 4.79 Å². The van der Waals surface area contributed by atoms with Crippen molar-refractivity contribution in [1.82, 2.24) is 0 Å². The third-order valence-electron chi connectivity index (χ3n) is 4.68. The van der Waals surface area contributed by atoms with Gasteiger partial charge in [0, 0.05) is 25.9 Å². The van der Waals surface area contributed by atoms with Gasteiger partial charge in [0.1, 0.15) is 18.6 Å². The Labute approximate surface area is 142 Å². The second-order valence-electron chi connectivity index (χ2n) is 6.26. The van der Waals surface area contributed by atoms with E-state index in [0.717, 1.165) is 17.7 Å². The SMILES string of the molecule is COCO[C@@H]1C[C@H](OCc2ccc(OC)cc2)[C@H]2CC(=O)O[C@H]2C1. The number of ether oxygens (including phenoxy) is 5. The highest BCUT2D eigenvalue weighted by molar-refractivity contribution is 5.72. The molecular formula is C18H24O6. The molecule has 24 heavy (non-hydrogen) atoms. The summed E-state index contributed by atoms with van der Waals surface area (Å²) in [4.78, 5) is 11.7. The van der Waals surface area contributed by atoms with E-state index in [1.54, 1.807) is 14.2 Å². The van der Waals surface area contributed by atoms with Gasteiger partial charge >= 0.3 is 5.97 Å². The van der Waals surface area contributed by atoms with Crippen LogP contribution in [0.2, 0.25) is 0 Å². The molecule has 6 nitrogen and oxygen atoms in total. The van der Waals surface area contributed by atoms with Crippen LogP contribution in [0.3, 0.4) is 0 Å². The van der Waals surface area contributed by atoms with Crippen molar-refractivity contribution in [2.24, 2.45) is 5.92 Å². The first-order chi connectivity index (χ1) is 11.7. The summed E-state index contributed by atoms with van der Waals surface area (Å²) < 4.78 is 27.4. The fourth-order valence-corrected chi connectivity index (χ4v) is 3.43. The summed E-state index contributed by atoms with van der Waals surface area (Å²) in [5.74, 6) is 0.785. The number of fused-ring (bicyclic) bond motifs is 1. The van der Waals surface area contributed by atoms with Crippen LogP contribution in [0.1, 0.15) is 24.8 Å². The molecule has 1 heterocycles. The average molecular weight is 336 g/mol. The van der Waals surface area contributed by atoms with Crippen LogP contribution < -0.4 is 4.74 Å². The Bertz CT molecular complexity index is 543. The van der Waals surface area contributed by atoms with Crippen LogP contribution in [0.5, 0.6) is 5.75 Å². The molecule has 0 bridgehead atoms. The Morgan fingerprint density at radius 3 is 2.62 bits per heavy atom. The zero-order chi connectivity index (χ0) is 16.9. The topological polar surface area (TPSA) is 63.2 Å². The number of rotatable bonds is 7. The number of carbonyl (C=O) groups is 1. The third kappa shape index (κ3) is 4.06. The fourth-order valence-electron chi connectivity index (χ4n) is 3.43. The van der Waals surface area contributed by atoms with Crippen molar-refractivity contribution in [2.45, 2.75) is 44.2 Å². The molecule has 1 aliphatic heterocycles. The van der Waals surface area contributed by atoms with Crippen molar-refractivity contribution in [1.29, 1.82) is 0 Å². The Morgan fingerprint density at radius 2 is 1.92 bits per heavy atom. The number of methoxy groups -OCH3 is 2. The van der Waals surface area contributed by atoms with E-state index in [0.29, 0.717) is 19.4 Å². The first-order valence-electron chi connectivity index (χ1n) is 8.24. The zero-order valence-corrected chi connectivity index (χ0v) is 14.1. The van der Waals surface area contributed by atoms with Gasteiger partial charge in [-0.25, -0.2) is 0 Å². The molecule has 2 fully saturated rings. The van der Waals surface area contributed by atoms with Crippen LogP contribution in [0, 0.1) is 5.92 Å². The van der Waals surface area contributed by atoms with Crippen LogP contribution in [0.4, 0.5) is 0 Å². The number of carbonyl (C=O) groups excluding carboxylic acids is 1. The van der Waals surface area contributed by atoms with Gasteiger partial charge < -0.3 is 23.7 Å². The highest BCUT2D eigenvalue weighted by Gasteiger charge is 2.46. The van der Waals surface area contributed by atoms with Crippen molar-refractivity contribution >= 4 is 5.97 Å². The van der Waals surface area contributed by atoms with Crippen LogP contribution in [0.25, 0.3) is 0 Å². The first-order valence-corrected chi connectivity index (χ1v) is 8.24. The third-order valence-corrected chi connectivity index (χ3v) is 4.68.